The third kappa shape index (κ3) is 3.09. The van der Waals surface area contributed by atoms with Crippen LogP contribution >= 0.6 is 0 Å². The lowest BCUT2D eigenvalue weighted by Crippen LogP contribution is -2.47. The molecule has 2 N–H and O–H groups in total. The predicted octanol–water partition coefficient (Wildman–Crippen LogP) is 0.760. The Kier molecular flexibility index (Phi) is 4.47. The molecule has 108 valence electrons. The molecule has 5 nitrogen and oxygen atoms in total. The number of likely N-dealkylation sites (N-methyl/N-ethyl adjacent to an activating group) is 1. The van der Waals surface area contributed by atoms with Gasteiger partial charge in [0.15, 0.2) is 0 Å². The zero-order valence-electron chi connectivity index (χ0n) is 12.7. The average Bonchev–Trinajstić information content (AvgIpc) is 2.64. The van der Waals surface area contributed by atoms with E-state index in [2.05, 4.69) is 35.7 Å². The maximum absolute atomic E-state index is 5.98. The Balaban J connectivity index is 2.19. The highest BCUT2D eigenvalue weighted by Gasteiger charge is 2.23. The molecule has 1 aliphatic rings. The lowest BCUT2D eigenvalue weighted by molar-refractivity contribution is 0.269. The Hall–Kier alpha value is -1.07. The standard InChI is InChI=1S/C14H27N5/c1-5-18-6-8-19(9-7-18)14-13(10-11(2)15)12(3)16-17(14)4/h11H,5-10,15H2,1-4H3. The topological polar surface area (TPSA) is 50.3 Å². The monoisotopic (exact) mass is 265 g/mol. The van der Waals surface area contributed by atoms with Gasteiger partial charge in [-0.1, -0.05) is 6.92 Å². The van der Waals surface area contributed by atoms with Crippen LogP contribution in [0.2, 0.25) is 0 Å². The Bertz CT molecular complexity index is 416. The summed E-state index contributed by atoms with van der Waals surface area (Å²) < 4.78 is 2.02. The first-order valence-electron chi connectivity index (χ1n) is 7.28. The van der Waals surface area contributed by atoms with Gasteiger partial charge in [-0.05, 0) is 26.8 Å². The van der Waals surface area contributed by atoms with E-state index in [1.54, 1.807) is 0 Å². The number of piperazine rings is 1. The van der Waals surface area contributed by atoms with E-state index in [0.717, 1.165) is 44.8 Å². The molecule has 2 rings (SSSR count). The Labute approximate surface area is 116 Å². The van der Waals surface area contributed by atoms with Crippen LogP contribution < -0.4 is 10.6 Å². The number of aromatic nitrogens is 2. The molecular formula is C14H27N5. The largest absolute Gasteiger partial charge is 0.354 e. The van der Waals surface area contributed by atoms with Gasteiger partial charge in [0.25, 0.3) is 0 Å². The Morgan fingerprint density at radius 2 is 1.89 bits per heavy atom. The molecule has 1 aromatic rings. The number of hydrogen-bond acceptors (Lipinski definition) is 4. The molecule has 1 atom stereocenters. The minimum absolute atomic E-state index is 0.179. The first-order valence-corrected chi connectivity index (χ1v) is 7.28. The molecule has 1 aliphatic heterocycles. The SMILES string of the molecule is CCN1CCN(c2c(CC(C)N)c(C)nn2C)CC1. The smallest absolute Gasteiger partial charge is 0.130 e. The van der Waals surface area contributed by atoms with Gasteiger partial charge in [-0.15, -0.1) is 0 Å². The van der Waals surface area contributed by atoms with E-state index in [1.807, 2.05) is 11.7 Å². The minimum atomic E-state index is 0.179. The number of nitrogens with two attached hydrogens (primary N) is 1. The van der Waals surface area contributed by atoms with Crippen LogP contribution in [0.3, 0.4) is 0 Å². The number of rotatable bonds is 4. The van der Waals surface area contributed by atoms with Crippen molar-refractivity contribution in [2.75, 3.05) is 37.6 Å². The molecule has 0 aliphatic carbocycles. The summed E-state index contributed by atoms with van der Waals surface area (Å²) in [7, 11) is 2.04. The summed E-state index contributed by atoms with van der Waals surface area (Å²) in [4.78, 5) is 4.95. The molecule has 1 unspecified atom stereocenters. The summed E-state index contributed by atoms with van der Waals surface area (Å²) in [6.45, 7) is 12.0. The molecule has 0 saturated carbocycles. The van der Waals surface area contributed by atoms with Crippen molar-refractivity contribution in [2.45, 2.75) is 33.2 Å². The van der Waals surface area contributed by atoms with E-state index >= 15 is 0 Å². The number of anilines is 1. The maximum atomic E-state index is 5.98. The Morgan fingerprint density at radius 3 is 2.42 bits per heavy atom. The number of nitrogens with zero attached hydrogens (tertiary/aromatic N) is 4. The molecule has 1 aromatic heterocycles. The lowest BCUT2D eigenvalue weighted by atomic mass is 10.1. The van der Waals surface area contributed by atoms with Crippen LogP contribution in [0.25, 0.3) is 0 Å². The highest BCUT2D eigenvalue weighted by Crippen LogP contribution is 2.25. The van der Waals surface area contributed by atoms with Crippen LogP contribution in [-0.2, 0) is 13.5 Å². The second kappa shape index (κ2) is 5.92. The van der Waals surface area contributed by atoms with Gasteiger partial charge in [0.1, 0.15) is 5.82 Å². The second-order valence-corrected chi connectivity index (χ2v) is 5.61. The van der Waals surface area contributed by atoms with Crippen LogP contribution in [0, 0.1) is 6.92 Å². The zero-order chi connectivity index (χ0) is 14.0. The van der Waals surface area contributed by atoms with Crippen molar-refractivity contribution in [3.63, 3.8) is 0 Å². The fourth-order valence-corrected chi connectivity index (χ4v) is 2.92. The van der Waals surface area contributed by atoms with Gasteiger partial charge in [-0.2, -0.15) is 5.10 Å². The van der Waals surface area contributed by atoms with E-state index in [1.165, 1.54) is 11.4 Å². The quantitative estimate of drug-likeness (QED) is 0.873. The summed E-state index contributed by atoms with van der Waals surface area (Å²) in [6.07, 6.45) is 0.906. The van der Waals surface area contributed by atoms with Crippen LogP contribution in [0.1, 0.15) is 25.1 Å². The van der Waals surface area contributed by atoms with Gasteiger partial charge in [-0.25, -0.2) is 0 Å². The summed E-state index contributed by atoms with van der Waals surface area (Å²) in [5.74, 6) is 1.27. The van der Waals surface area contributed by atoms with E-state index in [-0.39, 0.29) is 6.04 Å². The van der Waals surface area contributed by atoms with E-state index in [0.29, 0.717) is 0 Å². The van der Waals surface area contributed by atoms with Gasteiger partial charge in [0, 0.05) is 44.8 Å². The fraction of sp³-hybridized carbons (Fsp3) is 0.786. The van der Waals surface area contributed by atoms with Crippen LogP contribution in [0.15, 0.2) is 0 Å². The van der Waals surface area contributed by atoms with Gasteiger partial charge in [0.05, 0.1) is 5.69 Å². The molecule has 0 radical (unpaired) electrons. The van der Waals surface area contributed by atoms with Crippen molar-refractivity contribution in [1.82, 2.24) is 14.7 Å². The molecule has 5 heteroatoms. The molecule has 2 heterocycles. The van der Waals surface area contributed by atoms with Crippen LogP contribution in [0.5, 0.6) is 0 Å². The van der Waals surface area contributed by atoms with Crippen molar-refractivity contribution in [3.8, 4) is 0 Å². The van der Waals surface area contributed by atoms with Crippen molar-refractivity contribution < 1.29 is 0 Å². The normalized spacial score (nSPS) is 18.9. The number of aryl methyl sites for hydroxylation is 2. The van der Waals surface area contributed by atoms with E-state index in [9.17, 15) is 0 Å². The molecule has 0 aromatic carbocycles. The molecular weight excluding hydrogens is 238 g/mol. The molecule has 19 heavy (non-hydrogen) atoms. The van der Waals surface area contributed by atoms with Crippen LogP contribution in [-0.4, -0.2) is 53.4 Å². The van der Waals surface area contributed by atoms with Gasteiger partial charge >= 0.3 is 0 Å². The van der Waals surface area contributed by atoms with Gasteiger partial charge < -0.3 is 15.5 Å². The first kappa shape index (κ1) is 14.3. The summed E-state index contributed by atoms with van der Waals surface area (Å²) in [5.41, 5.74) is 8.42. The fourth-order valence-electron chi connectivity index (χ4n) is 2.92. The predicted molar refractivity (Wildman–Crippen MR) is 79.6 cm³/mol. The highest BCUT2D eigenvalue weighted by molar-refractivity contribution is 5.51. The molecule has 0 bridgehead atoms. The van der Waals surface area contributed by atoms with E-state index in [4.69, 9.17) is 5.73 Å². The third-order valence-electron chi connectivity index (χ3n) is 3.96. The second-order valence-electron chi connectivity index (χ2n) is 5.61. The lowest BCUT2D eigenvalue weighted by Gasteiger charge is -2.36. The summed E-state index contributed by atoms with van der Waals surface area (Å²) >= 11 is 0. The van der Waals surface area contributed by atoms with E-state index < -0.39 is 0 Å². The van der Waals surface area contributed by atoms with Crippen molar-refractivity contribution in [1.29, 1.82) is 0 Å². The molecule has 0 amide bonds. The van der Waals surface area contributed by atoms with Crippen molar-refractivity contribution in [2.24, 2.45) is 12.8 Å². The molecule has 1 saturated heterocycles. The summed E-state index contributed by atoms with van der Waals surface area (Å²) in [6, 6.07) is 0.179. The molecule has 1 fully saturated rings. The minimum Gasteiger partial charge on any atom is -0.354 e. The van der Waals surface area contributed by atoms with Crippen LogP contribution in [0.4, 0.5) is 5.82 Å². The van der Waals surface area contributed by atoms with Crippen molar-refractivity contribution >= 4 is 5.82 Å². The van der Waals surface area contributed by atoms with Gasteiger partial charge in [-0.3, -0.25) is 4.68 Å². The van der Waals surface area contributed by atoms with Gasteiger partial charge in [0.2, 0.25) is 0 Å². The maximum Gasteiger partial charge on any atom is 0.130 e. The zero-order valence-corrected chi connectivity index (χ0v) is 12.7. The average molecular weight is 265 g/mol. The highest BCUT2D eigenvalue weighted by atomic mass is 15.4. The summed E-state index contributed by atoms with van der Waals surface area (Å²) in [5, 5.41) is 4.58. The van der Waals surface area contributed by atoms with Crippen molar-refractivity contribution in [3.05, 3.63) is 11.3 Å². The third-order valence-corrected chi connectivity index (χ3v) is 3.96. The Morgan fingerprint density at radius 1 is 1.26 bits per heavy atom. The first-order chi connectivity index (χ1) is 9.02. The molecule has 0 spiro atoms. The number of hydrogen-bond donors (Lipinski definition) is 1.